The number of hydrogen-bond acceptors (Lipinski definition) is 4. The third kappa shape index (κ3) is 3.07. The van der Waals surface area contributed by atoms with Gasteiger partial charge in [0, 0.05) is 31.7 Å². The number of halogens is 1. The highest BCUT2D eigenvalue weighted by Crippen LogP contribution is 2.29. The first-order valence-electron chi connectivity index (χ1n) is 9.72. The number of aromatic nitrogens is 3. The molecule has 0 spiro atoms. The molecule has 0 N–H and O–H groups in total. The molecule has 29 heavy (non-hydrogen) atoms. The number of morpholine rings is 1. The van der Waals surface area contributed by atoms with Crippen molar-refractivity contribution < 1.29 is 9.13 Å². The Kier molecular flexibility index (Phi) is 4.51. The zero-order valence-electron chi connectivity index (χ0n) is 15.9. The van der Waals surface area contributed by atoms with E-state index in [9.17, 15) is 9.65 Å². The molecule has 0 atom stereocenters. The van der Waals surface area contributed by atoms with Crippen LogP contribution in [0.15, 0.2) is 48.5 Å². The molecule has 1 aliphatic rings. The lowest BCUT2D eigenvalue weighted by Gasteiger charge is -2.26. The van der Waals surface area contributed by atoms with Crippen LogP contribution in [0, 0.1) is 17.1 Å². The van der Waals surface area contributed by atoms with Gasteiger partial charge in [0.15, 0.2) is 5.69 Å². The van der Waals surface area contributed by atoms with Gasteiger partial charge in [0.05, 0.1) is 24.2 Å². The summed E-state index contributed by atoms with van der Waals surface area (Å²) >= 11 is 0. The van der Waals surface area contributed by atoms with Crippen molar-refractivity contribution in [1.82, 2.24) is 18.9 Å². The Bertz CT molecular complexity index is 1210. The van der Waals surface area contributed by atoms with E-state index in [0.29, 0.717) is 11.4 Å². The van der Waals surface area contributed by atoms with E-state index in [2.05, 4.69) is 21.6 Å². The van der Waals surface area contributed by atoms with Gasteiger partial charge in [-0.15, -0.1) is 0 Å². The number of nitriles is 1. The number of rotatable bonds is 4. The minimum atomic E-state index is -0.309. The summed E-state index contributed by atoms with van der Waals surface area (Å²) in [6, 6.07) is 16.5. The smallest absolute Gasteiger partial charge is 0.216 e. The number of imidazole rings is 2. The zero-order valence-corrected chi connectivity index (χ0v) is 15.9. The molecule has 3 heterocycles. The van der Waals surface area contributed by atoms with Crippen LogP contribution in [0.3, 0.4) is 0 Å². The van der Waals surface area contributed by atoms with Crippen molar-refractivity contribution >= 4 is 16.8 Å². The molecule has 5 rings (SSSR count). The summed E-state index contributed by atoms with van der Waals surface area (Å²) in [5.74, 6) is 0.423. The fraction of sp³-hybridized carbons (Fsp3) is 0.273. The Balaban J connectivity index is 1.65. The van der Waals surface area contributed by atoms with E-state index < -0.39 is 0 Å². The topological polar surface area (TPSA) is 58.5 Å². The molecule has 1 aliphatic heterocycles. The molecule has 0 unspecified atom stereocenters. The van der Waals surface area contributed by atoms with Gasteiger partial charge in [0.2, 0.25) is 5.78 Å². The van der Waals surface area contributed by atoms with Crippen LogP contribution in [0.2, 0.25) is 0 Å². The molecule has 146 valence electrons. The Labute approximate surface area is 167 Å². The van der Waals surface area contributed by atoms with Crippen LogP contribution in [-0.2, 0) is 11.3 Å². The summed E-state index contributed by atoms with van der Waals surface area (Å²) in [6.07, 6.45) is 0. The Morgan fingerprint density at radius 2 is 1.72 bits per heavy atom. The van der Waals surface area contributed by atoms with Crippen molar-refractivity contribution in [3.05, 3.63) is 60.0 Å². The number of fused-ring (bicyclic) bond motifs is 3. The summed E-state index contributed by atoms with van der Waals surface area (Å²) < 4.78 is 22.9. The van der Waals surface area contributed by atoms with E-state index in [-0.39, 0.29) is 5.82 Å². The average molecular weight is 389 g/mol. The first-order chi connectivity index (χ1) is 14.3. The molecule has 4 aromatic rings. The first-order valence-corrected chi connectivity index (χ1v) is 9.72. The molecule has 1 saturated heterocycles. The summed E-state index contributed by atoms with van der Waals surface area (Å²) in [4.78, 5) is 7.20. The predicted octanol–water partition coefficient (Wildman–Crippen LogP) is 3.30. The van der Waals surface area contributed by atoms with E-state index >= 15 is 0 Å². The molecule has 0 radical (unpaired) electrons. The SMILES string of the molecule is N#Cc1c(-c2ccc(F)cc2)nc2n(CCN3CCOCC3)c3ccccc3n12. The monoisotopic (exact) mass is 389 g/mol. The number of hydrogen-bond donors (Lipinski definition) is 0. The van der Waals surface area contributed by atoms with Crippen LogP contribution >= 0.6 is 0 Å². The van der Waals surface area contributed by atoms with E-state index in [1.54, 1.807) is 12.1 Å². The van der Waals surface area contributed by atoms with Gasteiger partial charge in [0.1, 0.15) is 17.6 Å². The van der Waals surface area contributed by atoms with Gasteiger partial charge in [-0.05, 0) is 36.4 Å². The minimum Gasteiger partial charge on any atom is -0.379 e. The van der Waals surface area contributed by atoms with E-state index in [4.69, 9.17) is 9.72 Å². The van der Waals surface area contributed by atoms with E-state index in [1.807, 2.05) is 22.6 Å². The Morgan fingerprint density at radius 3 is 2.45 bits per heavy atom. The number of ether oxygens (including phenoxy) is 1. The lowest BCUT2D eigenvalue weighted by atomic mass is 10.1. The maximum Gasteiger partial charge on any atom is 0.216 e. The van der Waals surface area contributed by atoms with E-state index in [0.717, 1.165) is 61.8 Å². The van der Waals surface area contributed by atoms with Crippen molar-refractivity contribution in [2.24, 2.45) is 0 Å². The van der Waals surface area contributed by atoms with Gasteiger partial charge >= 0.3 is 0 Å². The molecule has 0 bridgehead atoms. The van der Waals surface area contributed by atoms with Crippen LogP contribution in [0.1, 0.15) is 5.69 Å². The molecular formula is C22H20FN5O. The lowest BCUT2D eigenvalue weighted by Crippen LogP contribution is -2.38. The molecule has 2 aromatic carbocycles. The summed E-state index contributed by atoms with van der Waals surface area (Å²) in [5.41, 5.74) is 3.77. The van der Waals surface area contributed by atoms with Crippen molar-refractivity contribution in [2.45, 2.75) is 6.54 Å². The maximum atomic E-state index is 13.4. The van der Waals surface area contributed by atoms with Gasteiger partial charge < -0.3 is 9.30 Å². The standard InChI is InChI=1S/C22H20FN5O/c23-17-7-5-16(6-8-17)21-20(15-24)28-19-4-2-1-3-18(19)27(22(28)25-21)10-9-26-11-13-29-14-12-26/h1-8H,9-14H2. The van der Waals surface area contributed by atoms with Gasteiger partial charge in [0.25, 0.3) is 0 Å². The van der Waals surface area contributed by atoms with Crippen LogP contribution in [0.25, 0.3) is 28.1 Å². The molecule has 7 heteroatoms. The van der Waals surface area contributed by atoms with Crippen molar-refractivity contribution in [2.75, 3.05) is 32.8 Å². The van der Waals surface area contributed by atoms with Crippen molar-refractivity contribution in [3.8, 4) is 17.3 Å². The normalized spacial score (nSPS) is 15.2. The predicted molar refractivity (Wildman–Crippen MR) is 108 cm³/mol. The second-order valence-corrected chi connectivity index (χ2v) is 7.16. The Morgan fingerprint density at radius 1 is 1.00 bits per heavy atom. The average Bonchev–Trinajstić information content (AvgIpc) is 3.28. The van der Waals surface area contributed by atoms with Crippen molar-refractivity contribution in [3.63, 3.8) is 0 Å². The highest BCUT2D eigenvalue weighted by atomic mass is 19.1. The van der Waals surface area contributed by atoms with Crippen LogP contribution in [-0.4, -0.2) is 51.7 Å². The number of para-hydroxylation sites is 2. The van der Waals surface area contributed by atoms with Gasteiger partial charge in [-0.1, -0.05) is 12.1 Å². The molecule has 1 fully saturated rings. The zero-order chi connectivity index (χ0) is 19.8. The molecule has 2 aromatic heterocycles. The second-order valence-electron chi connectivity index (χ2n) is 7.16. The highest BCUT2D eigenvalue weighted by molar-refractivity contribution is 5.84. The molecule has 0 saturated carbocycles. The minimum absolute atomic E-state index is 0.309. The quantitative estimate of drug-likeness (QED) is 0.537. The van der Waals surface area contributed by atoms with E-state index in [1.165, 1.54) is 12.1 Å². The van der Waals surface area contributed by atoms with Crippen LogP contribution in [0.4, 0.5) is 4.39 Å². The molecule has 0 aliphatic carbocycles. The van der Waals surface area contributed by atoms with Crippen LogP contribution in [0.5, 0.6) is 0 Å². The fourth-order valence-electron chi connectivity index (χ4n) is 4.01. The maximum absolute atomic E-state index is 13.4. The van der Waals surface area contributed by atoms with Crippen LogP contribution < -0.4 is 0 Å². The largest absolute Gasteiger partial charge is 0.379 e. The lowest BCUT2D eigenvalue weighted by molar-refractivity contribution is 0.0366. The Hall–Kier alpha value is -3.21. The molecule has 6 nitrogen and oxygen atoms in total. The summed E-state index contributed by atoms with van der Waals surface area (Å²) in [5, 5.41) is 9.91. The summed E-state index contributed by atoms with van der Waals surface area (Å²) in [6.45, 7) is 5.03. The second kappa shape index (κ2) is 7.32. The number of benzene rings is 2. The van der Waals surface area contributed by atoms with Gasteiger partial charge in [-0.2, -0.15) is 5.26 Å². The number of nitrogens with zero attached hydrogens (tertiary/aromatic N) is 5. The fourth-order valence-corrected chi connectivity index (χ4v) is 4.01. The summed E-state index contributed by atoms with van der Waals surface area (Å²) in [7, 11) is 0. The molecular weight excluding hydrogens is 369 g/mol. The highest BCUT2D eigenvalue weighted by Gasteiger charge is 2.21. The van der Waals surface area contributed by atoms with Gasteiger partial charge in [-0.3, -0.25) is 9.30 Å². The third-order valence-corrected chi connectivity index (χ3v) is 5.48. The third-order valence-electron chi connectivity index (χ3n) is 5.48. The first kappa shape index (κ1) is 17.9. The van der Waals surface area contributed by atoms with Gasteiger partial charge in [-0.25, -0.2) is 9.37 Å². The van der Waals surface area contributed by atoms with Crippen molar-refractivity contribution in [1.29, 1.82) is 5.26 Å². The molecule has 0 amide bonds.